The number of aromatic nitrogens is 3. The van der Waals surface area contributed by atoms with Gasteiger partial charge in [0.1, 0.15) is 5.65 Å². The van der Waals surface area contributed by atoms with E-state index in [9.17, 15) is 0 Å². The third-order valence-corrected chi connectivity index (χ3v) is 4.93. The summed E-state index contributed by atoms with van der Waals surface area (Å²) in [7, 11) is 0. The van der Waals surface area contributed by atoms with E-state index in [1.807, 2.05) is 6.20 Å². The van der Waals surface area contributed by atoms with Gasteiger partial charge in [0.25, 0.3) is 0 Å². The lowest BCUT2D eigenvalue weighted by Crippen LogP contribution is -2.43. The molecular formula is C15H17ClN4. The summed E-state index contributed by atoms with van der Waals surface area (Å²) in [6.07, 6.45) is 8.05. The minimum atomic E-state index is 0.104. The van der Waals surface area contributed by atoms with Crippen LogP contribution in [-0.4, -0.2) is 26.8 Å². The third kappa shape index (κ3) is 1.64. The number of nitrogens with zero attached hydrogens (tertiary/aromatic N) is 4. The van der Waals surface area contributed by atoms with Gasteiger partial charge in [0.15, 0.2) is 0 Å². The first-order valence-electron chi connectivity index (χ1n) is 7.26. The quantitative estimate of drug-likeness (QED) is 0.696. The maximum atomic E-state index is 6.02. The average Bonchev–Trinajstić information content (AvgIpc) is 2.85. The second kappa shape index (κ2) is 4.29. The zero-order valence-electron chi connectivity index (χ0n) is 11.6. The Bertz CT molecular complexity index is 710. The predicted octanol–water partition coefficient (Wildman–Crippen LogP) is 3.57. The second-order valence-electron chi connectivity index (χ2n) is 5.97. The smallest absolute Gasteiger partial charge is 0.224 e. The fourth-order valence-electron chi connectivity index (χ4n) is 3.72. The highest BCUT2D eigenvalue weighted by atomic mass is 35.5. The van der Waals surface area contributed by atoms with Crippen LogP contribution in [0.3, 0.4) is 0 Å². The molecule has 4 nitrogen and oxygen atoms in total. The van der Waals surface area contributed by atoms with Crippen molar-refractivity contribution in [2.75, 3.05) is 6.54 Å². The SMILES string of the molecule is CC1=NCC2(CCCCC2)n2c1cc1cnc(Cl)nc12. The van der Waals surface area contributed by atoms with Crippen molar-refractivity contribution in [3.63, 3.8) is 0 Å². The number of fused-ring (bicyclic) bond motifs is 4. The maximum Gasteiger partial charge on any atom is 0.224 e. The molecule has 1 aliphatic heterocycles. The molecule has 0 N–H and O–H groups in total. The van der Waals surface area contributed by atoms with Crippen LogP contribution < -0.4 is 0 Å². The molecule has 2 aliphatic rings. The van der Waals surface area contributed by atoms with Crippen LogP contribution >= 0.6 is 11.6 Å². The van der Waals surface area contributed by atoms with E-state index >= 15 is 0 Å². The summed E-state index contributed by atoms with van der Waals surface area (Å²) in [4.78, 5) is 13.4. The second-order valence-corrected chi connectivity index (χ2v) is 6.31. The van der Waals surface area contributed by atoms with Crippen molar-refractivity contribution in [2.45, 2.75) is 44.6 Å². The topological polar surface area (TPSA) is 43.1 Å². The monoisotopic (exact) mass is 288 g/mol. The first kappa shape index (κ1) is 12.3. The average molecular weight is 289 g/mol. The molecule has 4 rings (SSSR count). The van der Waals surface area contributed by atoms with Crippen LogP contribution in [0.2, 0.25) is 5.28 Å². The molecule has 1 saturated carbocycles. The Morgan fingerprint density at radius 2 is 2.05 bits per heavy atom. The molecule has 0 amide bonds. The van der Waals surface area contributed by atoms with Crippen LogP contribution in [0.4, 0.5) is 0 Å². The summed E-state index contributed by atoms with van der Waals surface area (Å²) in [5.41, 5.74) is 3.35. The van der Waals surface area contributed by atoms with Gasteiger partial charge in [0.05, 0.1) is 23.5 Å². The van der Waals surface area contributed by atoms with Crippen molar-refractivity contribution in [3.05, 3.63) is 23.2 Å². The van der Waals surface area contributed by atoms with Gasteiger partial charge in [-0.2, -0.15) is 4.98 Å². The van der Waals surface area contributed by atoms with Crippen molar-refractivity contribution in [3.8, 4) is 0 Å². The lowest BCUT2D eigenvalue weighted by molar-refractivity contribution is 0.203. The van der Waals surface area contributed by atoms with Crippen molar-refractivity contribution in [2.24, 2.45) is 4.99 Å². The summed E-state index contributed by atoms with van der Waals surface area (Å²) in [6, 6.07) is 2.15. The van der Waals surface area contributed by atoms with Gasteiger partial charge >= 0.3 is 0 Å². The zero-order chi connectivity index (χ0) is 13.7. The van der Waals surface area contributed by atoms with Gasteiger partial charge in [-0.05, 0) is 37.4 Å². The first-order valence-corrected chi connectivity index (χ1v) is 7.63. The van der Waals surface area contributed by atoms with Crippen LogP contribution in [-0.2, 0) is 5.54 Å². The van der Waals surface area contributed by atoms with Gasteiger partial charge < -0.3 is 4.57 Å². The van der Waals surface area contributed by atoms with E-state index in [1.165, 1.54) is 37.8 Å². The van der Waals surface area contributed by atoms with Gasteiger partial charge in [-0.15, -0.1) is 0 Å². The lowest BCUT2D eigenvalue weighted by Gasteiger charge is -2.41. The molecule has 0 unspecified atom stereocenters. The van der Waals surface area contributed by atoms with Crippen LogP contribution in [0.1, 0.15) is 44.7 Å². The normalized spacial score (nSPS) is 21.0. The van der Waals surface area contributed by atoms with Crippen molar-refractivity contribution in [1.29, 1.82) is 0 Å². The Hall–Kier alpha value is -1.42. The highest BCUT2D eigenvalue weighted by molar-refractivity contribution is 6.28. The zero-order valence-corrected chi connectivity index (χ0v) is 12.3. The summed E-state index contributed by atoms with van der Waals surface area (Å²) in [5.74, 6) is 0. The largest absolute Gasteiger partial charge is 0.316 e. The molecular weight excluding hydrogens is 272 g/mol. The van der Waals surface area contributed by atoms with Crippen molar-refractivity contribution < 1.29 is 0 Å². The highest BCUT2D eigenvalue weighted by Crippen LogP contribution is 2.41. The van der Waals surface area contributed by atoms with Gasteiger partial charge in [-0.1, -0.05) is 19.3 Å². The summed E-state index contributed by atoms with van der Waals surface area (Å²) in [5, 5.41) is 1.38. The van der Waals surface area contributed by atoms with Gasteiger partial charge in [-0.3, -0.25) is 4.99 Å². The molecule has 2 aromatic rings. The fraction of sp³-hybridized carbons (Fsp3) is 0.533. The highest BCUT2D eigenvalue weighted by Gasteiger charge is 2.39. The summed E-state index contributed by atoms with van der Waals surface area (Å²) >= 11 is 6.02. The van der Waals surface area contributed by atoms with Crippen molar-refractivity contribution in [1.82, 2.24) is 14.5 Å². The Labute approximate surface area is 122 Å². The van der Waals surface area contributed by atoms with Gasteiger partial charge in [-0.25, -0.2) is 4.98 Å². The van der Waals surface area contributed by atoms with Crippen molar-refractivity contribution >= 4 is 28.3 Å². The molecule has 20 heavy (non-hydrogen) atoms. The summed E-state index contributed by atoms with van der Waals surface area (Å²) in [6.45, 7) is 2.95. The van der Waals surface area contributed by atoms with E-state index in [4.69, 9.17) is 16.6 Å². The van der Waals surface area contributed by atoms with Crippen LogP contribution in [0.15, 0.2) is 17.3 Å². The van der Waals surface area contributed by atoms with E-state index in [0.29, 0.717) is 5.28 Å². The number of hydrogen-bond acceptors (Lipinski definition) is 3. The molecule has 104 valence electrons. The maximum absolute atomic E-state index is 6.02. The molecule has 1 fully saturated rings. The van der Waals surface area contributed by atoms with Gasteiger partial charge in [0, 0.05) is 11.6 Å². The molecule has 0 bridgehead atoms. The molecule has 5 heteroatoms. The number of aliphatic imine (C=N–C) groups is 1. The fourth-order valence-corrected chi connectivity index (χ4v) is 3.85. The third-order valence-electron chi connectivity index (χ3n) is 4.75. The first-order chi connectivity index (χ1) is 9.70. The van der Waals surface area contributed by atoms with E-state index in [-0.39, 0.29) is 5.54 Å². The molecule has 0 saturated heterocycles. The lowest BCUT2D eigenvalue weighted by atomic mass is 9.80. The standard InChI is InChI=1S/C15H17ClN4/c1-10-12-7-11-8-17-14(16)19-13(11)20(12)15(9-18-10)5-3-2-4-6-15/h7-8H,2-6,9H2,1H3. The summed E-state index contributed by atoms with van der Waals surface area (Å²) < 4.78 is 2.40. The minimum absolute atomic E-state index is 0.104. The van der Waals surface area contributed by atoms with Gasteiger partial charge in [0.2, 0.25) is 5.28 Å². The molecule has 0 aromatic carbocycles. The number of halogens is 1. The Balaban J connectivity index is 2.02. The van der Waals surface area contributed by atoms with E-state index in [2.05, 4.69) is 27.5 Å². The molecule has 3 heterocycles. The molecule has 0 atom stereocenters. The Morgan fingerprint density at radius 3 is 2.85 bits per heavy atom. The molecule has 1 spiro atoms. The number of hydrogen-bond donors (Lipinski definition) is 0. The predicted molar refractivity (Wildman–Crippen MR) is 80.7 cm³/mol. The minimum Gasteiger partial charge on any atom is -0.316 e. The molecule has 1 aliphatic carbocycles. The molecule has 0 radical (unpaired) electrons. The Kier molecular flexibility index (Phi) is 2.64. The van der Waals surface area contributed by atoms with Crippen LogP contribution in [0.5, 0.6) is 0 Å². The number of rotatable bonds is 0. The van der Waals surface area contributed by atoms with E-state index < -0.39 is 0 Å². The molecule has 2 aromatic heterocycles. The van der Waals surface area contributed by atoms with E-state index in [1.54, 1.807) is 0 Å². The van der Waals surface area contributed by atoms with Crippen LogP contribution in [0.25, 0.3) is 11.0 Å². The van der Waals surface area contributed by atoms with Crippen LogP contribution in [0, 0.1) is 0 Å². The Morgan fingerprint density at radius 1 is 1.25 bits per heavy atom. The van der Waals surface area contributed by atoms with E-state index in [0.717, 1.165) is 23.3 Å².